The molecule has 2 aromatic rings. The number of fused-ring (bicyclic) bond motifs is 1. The van der Waals surface area contributed by atoms with E-state index in [0.717, 1.165) is 18.7 Å². The molecule has 0 saturated heterocycles. The van der Waals surface area contributed by atoms with Crippen molar-refractivity contribution >= 4 is 35.6 Å². The number of carbonyl (C=O) groups is 2. The Labute approximate surface area is 144 Å². The Hall–Kier alpha value is -1.89. The van der Waals surface area contributed by atoms with Gasteiger partial charge in [-0.2, -0.15) is 0 Å². The molecular weight excluding hydrogens is 334 g/mol. The smallest absolute Gasteiger partial charge is 0.261 e. The van der Waals surface area contributed by atoms with E-state index in [0.29, 0.717) is 11.4 Å². The minimum atomic E-state index is -0.214. The molecule has 3 N–H and O–H groups in total. The quantitative estimate of drug-likeness (QED) is 0.769. The topological polar surface area (TPSA) is 70.2 Å². The Morgan fingerprint density at radius 1 is 1.13 bits per heavy atom. The summed E-state index contributed by atoms with van der Waals surface area (Å²) in [6.45, 7) is 2.26. The van der Waals surface area contributed by atoms with E-state index in [-0.39, 0.29) is 30.8 Å². The molecule has 3 rings (SSSR count). The van der Waals surface area contributed by atoms with Crippen LogP contribution in [0.25, 0.3) is 0 Å². The fourth-order valence-electron chi connectivity index (χ4n) is 2.38. The van der Waals surface area contributed by atoms with Crippen LogP contribution in [0.15, 0.2) is 35.7 Å². The molecule has 2 heterocycles. The summed E-state index contributed by atoms with van der Waals surface area (Å²) >= 11 is 1.35. The van der Waals surface area contributed by atoms with E-state index in [4.69, 9.17) is 0 Å². The molecule has 0 saturated carbocycles. The van der Waals surface area contributed by atoms with Crippen LogP contribution in [0.1, 0.15) is 26.4 Å². The third kappa shape index (κ3) is 4.54. The lowest BCUT2D eigenvalue weighted by Gasteiger charge is -2.08. The van der Waals surface area contributed by atoms with Gasteiger partial charge in [-0.15, -0.1) is 23.7 Å². The van der Waals surface area contributed by atoms with Crippen molar-refractivity contribution in [2.45, 2.75) is 19.6 Å². The monoisotopic (exact) mass is 351 g/mol. The molecule has 0 fully saturated rings. The van der Waals surface area contributed by atoms with Gasteiger partial charge in [0.2, 0.25) is 5.91 Å². The van der Waals surface area contributed by atoms with Crippen LogP contribution < -0.4 is 16.0 Å². The van der Waals surface area contributed by atoms with E-state index >= 15 is 0 Å². The minimum Gasteiger partial charge on any atom is -0.350 e. The van der Waals surface area contributed by atoms with Gasteiger partial charge in [0.15, 0.2) is 0 Å². The zero-order valence-corrected chi connectivity index (χ0v) is 14.1. The zero-order valence-electron chi connectivity index (χ0n) is 12.4. The molecule has 122 valence electrons. The van der Waals surface area contributed by atoms with Crippen molar-refractivity contribution in [2.75, 3.05) is 6.54 Å². The number of thiophene rings is 1. The van der Waals surface area contributed by atoms with E-state index in [1.807, 2.05) is 17.5 Å². The van der Waals surface area contributed by atoms with Crippen LogP contribution in [-0.2, 0) is 24.4 Å². The van der Waals surface area contributed by atoms with Crippen molar-refractivity contribution in [1.82, 2.24) is 16.0 Å². The SMILES string of the molecule is Cl.O=C(CNC(=O)c1cccs1)NCc1ccc2c(c1)CNC2. The molecule has 0 atom stereocenters. The van der Waals surface area contributed by atoms with Crippen LogP contribution in [0, 0.1) is 0 Å². The van der Waals surface area contributed by atoms with E-state index in [9.17, 15) is 9.59 Å². The number of carbonyl (C=O) groups excluding carboxylic acids is 2. The Morgan fingerprint density at radius 3 is 2.74 bits per heavy atom. The first kappa shape index (κ1) is 17.5. The summed E-state index contributed by atoms with van der Waals surface area (Å²) in [5.41, 5.74) is 3.68. The van der Waals surface area contributed by atoms with Crippen molar-refractivity contribution in [3.05, 3.63) is 57.3 Å². The normalized spacial score (nSPS) is 12.2. The van der Waals surface area contributed by atoms with E-state index in [1.54, 1.807) is 6.07 Å². The highest BCUT2D eigenvalue weighted by Crippen LogP contribution is 2.16. The molecule has 2 amide bonds. The van der Waals surface area contributed by atoms with Gasteiger partial charge in [-0.25, -0.2) is 0 Å². The molecule has 0 radical (unpaired) electrons. The molecule has 1 aromatic carbocycles. The second-order valence-electron chi connectivity index (χ2n) is 5.14. The maximum Gasteiger partial charge on any atom is 0.261 e. The van der Waals surface area contributed by atoms with Gasteiger partial charge in [0.25, 0.3) is 5.91 Å². The van der Waals surface area contributed by atoms with E-state index in [2.05, 4.69) is 28.1 Å². The van der Waals surface area contributed by atoms with Crippen LogP contribution >= 0.6 is 23.7 Å². The largest absolute Gasteiger partial charge is 0.350 e. The summed E-state index contributed by atoms with van der Waals surface area (Å²) in [6.07, 6.45) is 0. The summed E-state index contributed by atoms with van der Waals surface area (Å²) < 4.78 is 0. The van der Waals surface area contributed by atoms with Gasteiger partial charge in [-0.1, -0.05) is 24.3 Å². The van der Waals surface area contributed by atoms with Gasteiger partial charge in [-0.3, -0.25) is 9.59 Å². The number of hydrogen-bond acceptors (Lipinski definition) is 4. The molecular formula is C16H18ClN3O2S. The van der Waals surface area contributed by atoms with Crippen molar-refractivity contribution < 1.29 is 9.59 Å². The maximum absolute atomic E-state index is 11.8. The Morgan fingerprint density at radius 2 is 1.96 bits per heavy atom. The second kappa shape index (κ2) is 8.10. The molecule has 0 aliphatic carbocycles. The lowest BCUT2D eigenvalue weighted by atomic mass is 10.1. The van der Waals surface area contributed by atoms with Gasteiger partial charge < -0.3 is 16.0 Å². The van der Waals surface area contributed by atoms with Gasteiger partial charge in [0.1, 0.15) is 0 Å². The number of nitrogens with one attached hydrogen (secondary N) is 3. The third-order valence-electron chi connectivity index (χ3n) is 3.55. The van der Waals surface area contributed by atoms with E-state index in [1.165, 1.54) is 22.5 Å². The third-order valence-corrected chi connectivity index (χ3v) is 4.41. The highest BCUT2D eigenvalue weighted by molar-refractivity contribution is 7.12. The number of rotatable bonds is 5. The van der Waals surface area contributed by atoms with Crippen LogP contribution in [0.2, 0.25) is 0 Å². The number of halogens is 1. The molecule has 0 bridgehead atoms. The molecule has 0 spiro atoms. The number of amides is 2. The lowest BCUT2D eigenvalue weighted by molar-refractivity contribution is -0.120. The lowest BCUT2D eigenvalue weighted by Crippen LogP contribution is -2.36. The average Bonchev–Trinajstić information content (AvgIpc) is 3.20. The summed E-state index contributed by atoms with van der Waals surface area (Å²) in [4.78, 5) is 24.1. The molecule has 7 heteroatoms. The first-order valence-electron chi connectivity index (χ1n) is 7.12. The minimum absolute atomic E-state index is 0. The predicted molar refractivity (Wildman–Crippen MR) is 92.7 cm³/mol. The Kier molecular flexibility index (Phi) is 6.15. The predicted octanol–water partition coefficient (Wildman–Crippen LogP) is 1.82. The van der Waals surface area contributed by atoms with Gasteiger partial charge >= 0.3 is 0 Å². The molecule has 1 aliphatic rings. The van der Waals surface area contributed by atoms with Crippen LogP contribution in [0.5, 0.6) is 0 Å². The summed E-state index contributed by atoms with van der Waals surface area (Å²) in [6, 6.07) is 9.77. The maximum atomic E-state index is 11.8. The molecule has 23 heavy (non-hydrogen) atoms. The van der Waals surface area contributed by atoms with Crippen LogP contribution in [0.3, 0.4) is 0 Å². The highest BCUT2D eigenvalue weighted by atomic mass is 35.5. The van der Waals surface area contributed by atoms with Crippen LogP contribution in [0.4, 0.5) is 0 Å². The molecule has 1 aliphatic heterocycles. The van der Waals surface area contributed by atoms with Crippen LogP contribution in [-0.4, -0.2) is 18.4 Å². The molecule has 1 aromatic heterocycles. The van der Waals surface area contributed by atoms with Gasteiger partial charge in [0.05, 0.1) is 11.4 Å². The van der Waals surface area contributed by atoms with Gasteiger partial charge in [0, 0.05) is 19.6 Å². The second-order valence-corrected chi connectivity index (χ2v) is 6.09. The number of hydrogen-bond donors (Lipinski definition) is 3. The van der Waals surface area contributed by atoms with Crippen molar-refractivity contribution in [3.8, 4) is 0 Å². The Bertz CT molecular complexity index is 689. The fourth-order valence-corrected chi connectivity index (χ4v) is 3.02. The summed E-state index contributed by atoms with van der Waals surface area (Å²) in [5.74, 6) is -0.405. The zero-order chi connectivity index (χ0) is 15.4. The van der Waals surface area contributed by atoms with Crippen molar-refractivity contribution in [1.29, 1.82) is 0 Å². The highest BCUT2D eigenvalue weighted by Gasteiger charge is 2.11. The van der Waals surface area contributed by atoms with Crippen molar-refractivity contribution in [2.24, 2.45) is 0 Å². The fraction of sp³-hybridized carbons (Fsp3) is 0.250. The summed E-state index contributed by atoms with van der Waals surface area (Å²) in [7, 11) is 0. The van der Waals surface area contributed by atoms with E-state index < -0.39 is 0 Å². The first-order valence-corrected chi connectivity index (χ1v) is 8.00. The Balaban J connectivity index is 0.00000192. The van der Waals surface area contributed by atoms with Gasteiger partial charge in [-0.05, 0) is 28.1 Å². The molecule has 5 nitrogen and oxygen atoms in total. The standard InChI is InChI=1S/C16H17N3O2S.ClH/c20-15(10-19-16(21)14-2-1-5-22-14)18-7-11-3-4-12-8-17-9-13(12)6-11;/h1-6,17H,7-10H2,(H,18,20)(H,19,21);1H. The summed E-state index contributed by atoms with van der Waals surface area (Å²) in [5, 5.41) is 10.6. The average molecular weight is 352 g/mol. The molecule has 0 unspecified atom stereocenters. The van der Waals surface area contributed by atoms with Crippen molar-refractivity contribution in [3.63, 3.8) is 0 Å². The number of benzene rings is 1. The first-order chi connectivity index (χ1) is 10.7.